The average Bonchev–Trinajstić information content (AvgIpc) is 2.71. The van der Waals surface area contributed by atoms with Crippen LogP contribution in [0.2, 0.25) is 0 Å². The number of hydrogen-bond donors (Lipinski definition) is 0. The van der Waals surface area contributed by atoms with E-state index in [4.69, 9.17) is 0 Å². The molecule has 0 bridgehead atoms. The third kappa shape index (κ3) is 1.68. The molecule has 0 aliphatic heterocycles. The lowest BCUT2D eigenvalue weighted by Gasteiger charge is -2.12. The van der Waals surface area contributed by atoms with E-state index in [0.717, 1.165) is 0 Å². The van der Waals surface area contributed by atoms with E-state index in [2.05, 4.69) is 55.5 Å². The van der Waals surface area contributed by atoms with E-state index >= 15 is 0 Å². The van der Waals surface area contributed by atoms with Gasteiger partial charge in [-0.1, -0.05) is 68.3 Å². The number of fused-ring (bicyclic) bond motifs is 3. The van der Waals surface area contributed by atoms with Gasteiger partial charge in [-0.05, 0) is 28.7 Å². The zero-order valence-corrected chi connectivity index (χ0v) is 10.3. The van der Waals surface area contributed by atoms with Crippen molar-refractivity contribution in [2.45, 2.75) is 32.1 Å². The van der Waals surface area contributed by atoms with Crippen LogP contribution in [-0.4, -0.2) is 0 Å². The van der Waals surface area contributed by atoms with Gasteiger partial charge < -0.3 is 0 Å². The Hall–Kier alpha value is -1.56. The van der Waals surface area contributed by atoms with Crippen LogP contribution in [0.5, 0.6) is 0 Å². The largest absolute Gasteiger partial charge is 0.0654 e. The molecule has 86 valence electrons. The molecule has 0 spiro atoms. The number of rotatable bonds is 3. The highest BCUT2D eigenvalue weighted by atomic mass is 14.3. The van der Waals surface area contributed by atoms with Gasteiger partial charge >= 0.3 is 0 Å². The van der Waals surface area contributed by atoms with E-state index in [1.165, 1.54) is 41.5 Å². The molecular weight excluding hydrogens is 204 g/mol. The minimum atomic E-state index is 0.627. The fourth-order valence-electron chi connectivity index (χ4n) is 2.98. The van der Waals surface area contributed by atoms with Crippen LogP contribution in [0.15, 0.2) is 48.5 Å². The normalized spacial score (nSPS) is 13.5. The van der Waals surface area contributed by atoms with Crippen molar-refractivity contribution >= 4 is 0 Å². The summed E-state index contributed by atoms with van der Waals surface area (Å²) >= 11 is 0. The summed E-state index contributed by atoms with van der Waals surface area (Å²) in [6, 6.07) is 17.8. The Morgan fingerprint density at radius 3 is 1.88 bits per heavy atom. The Kier molecular flexibility index (Phi) is 2.72. The molecule has 0 saturated heterocycles. The summed E-state index contributed by atoms with van der Waals surface area (Å²) in [7, 11) is 0. The Morgan fingerprint density at radius 2 is 1.35 bits per heavy atom. The maximum atomic E-state index is 2.30. The third-order valence-corrected chi connectivity index (χ3v) is 3.81. The quantitative estimate of drug-likeness (QED) is 0.686. The molecule has 0 heteroatoms. The molecule has 1 aliphatic carbocycles. The minimum absolute atomic E-state index is 0.627. The minimum Gasteiger partial charge on any atom is -0.0654 e. The lowest BCUT2D eigenvalue weighted by Crippen LogP contribution is -1.96. The molecule has 0 nitrogen and oxygen atoms in total. The highest BCUT2D eigenvalue weighted by Gasteiger charge is 2.26. The molecule has 0 amide bonds. The maximum absolute atomic E-state index is 2.30. The topological polar surface area (TPSA) is 0 Å². The maximum Gasteiger partial charge on any atom is 0.0102 e. The van der Waals surface area contributed by atoms with Gasteiger partial charge in [0.05, 0.1) is 0 Å². The summed E-state index contributed by atoms with van der Waals surface area (Å²) in [4.78, 5) is 0. The summed E-state index contributed by atoms with van der Waals surface area (Å²) in [5.74, 6) is 0.627. The Morgan fingerprint density at radius 1 is 0.824 bits per heavy atom. The number of benzene rings is 2. The summed E-state index contributed by atoms with van der Waals surface area (Å²) in [6.45, 7) is 2.27. The van der Waals surface area contributed by atoms with Crippen LogP contribution in [0.25, 0.3) is 11.1 Å². The second kappa shape index (κ2) is 4.37. The van der Waals surface area contributed by atoms with Gasteiger partial charge in [0.2, 0.25) is 0 Å². The van der Waals surface area contributed by atoms with Crippen LogP contribution in [0.4, 0.5) is 0 Å². The molecule has 0 saturated carbocycles. The van der Waals surface area contributed by atoms with Crippen molar-refractivity contribution in [3.8, 4) is 11.1 Å². The van der Waals surface area contributed by atoms with Gasteiger partial charge in [-0.15, -0.1) is 0 Å². The zero-order valence-electron chi connectivity index (χ0n) is 10.3. The summed E-state index contributed by atoms with van der Waals surface area (Å²) < 4.78 is 0. The van der Waals surface area contributed by atoms with E-state index in [-0.39, 0.29) is 0 Å². The lowest BCUT2D eigenvalue weighted by molar-refractivity contribution is 0.659. The molecular formula is C17H18. The van der Waals surface area contributed by atoms with Gasteiger partial charge in [0, 0.05) is 5.92 Å². The Labute approximate surface area is 103 Å². The van der Waals surface area contributed by atoms with Crippen LogP contribution < -0.4 is 0 Å². The molecule has 0 unspecified atom stereocenters. The van der Waals surface area contributed by atoms with Crippen LogP contribution in [0, 0.1) is 0 Å². The SMILES string of the molecule is CCCCC1c2ccccc2-c2ccccc21. The fraction of sp³-hybridized carbons (Fsp3) is 0.294. The molecule has 0 radical (unpaired) electrons. The molecule has 0 N–H and O–H groups in total. The highest BCUT2D eigenvalue weighted by molar-refractivity contribution is 5.78. The fourth-order valence-corrected chi connectivity index (χ4v) is 2.98. The van der Waals surface area contributed by atoms with E-state index in [9.17, 15) is 0 Å². The number of hydrogen-bond acceptors (Lipinski definition) is 0. The molecule has 2 aromatic rings. The molecule has 0 fully saturated rings. The van der Waals surface area contributed by atoms with E-state index < -0.39 is 0 Å². The number of unbranched alkanes of at least 4 members (excludes halogenated alkanes) is 1. The van der Waals surface area contributed by atoms with Crippen molar-refractivity contribution in [1.29, 1.82) is 0 Å². The van der Waals surface area contributed by atoms with Crippen molar-refractivity contribution in [1.82, 2.24) is 0 Å². The van der Waals surface area contributed by atoms with Crippen molar-refractivity contribution < 1.29 is 0 Å². The monoisotopic (exact) mass is 222 g/mol. The van der Waals surface area contributed by atoms with Gasteiger partial charge in [0.15, 0.2) is 0 Å². The molecule has 3 rings (SSSR count). The second-order valence-corrected chi connectivity index (χ2v) is 4.87. The highest BCUT2D eigenvalue weighted by Crippen LogP contribution is 2.46. The predicted octanol–water partition coefficient (Wildman–Crippen LogP) is 4.99. The third-order valence-electron chi connectivity index (χ3n) is 3.81. The molecule has 1 aliphatic rings. The summed E-state index contributed by atoms with van der Waals surface area (Å²) in [5.41, 5.74) is 5.96. The van der Waals surface area contributed by atoms with Crippen molar-refractivity contribution in [3.63, 3.8) is 0 Å². The van der Waals surface area contributed by atoms with E-state index in [1.54, 1.807) is 0 Å². The van der Waals surface area contributed by atoms with Gasteiger partial charge in [0.1, 0.15) is 0 Å². The van der Waals surface area contributed by atoms with Crippen molar-refractivity contribution in [3.05, 3.63) is 59.7 Å². The van der Waals surface area contributed by atoms with Crippen LogP contribution in [-0.2, 0) is 0 Å². The molecule has 0 atom stereocenters. The van der Waals surface area contributed by atoms with Crippen molar-refractivity contribution in [2.75, 3.05) is 0 Å². The van der Waals surface area contributed by atoms with E-state index in [1.807, 2.05) is 0 Å². The first-order valence-electron chi connectivity index (χ1n) is 6.60. The first-order chi connectivity index (χ1) is 8.42. The molecule has 0 heterocycles. The van der Waals surface area contributed by atoms with Gasteiger partial charge in [-0.2, -0.15) is 0 Å². The van der Waals surface area contributed by atoms with Gasteiger partial charge in [-0.3, -0.25) is 0 Å². The van der Waals surface area contributed by atoms with Crippen molar-refractivity contribution in [2.24, 2.45) is 0 Å². The van der Waals surface area contributed by atoms with Crippen LogP contribution in [0.1, 0.15) is 43.2 Å². The summed E-state index contributed by atoms with van der Waals surface area (Å²) in [5, 5.41) is 0. The van der Waals surface area contributed by atoms with Crippen LogP contribution >= 0.6 is 0 Å². The summed E-state index contributed by atoms with van der Waals surface area (Å²) in [6.07, 6.45) is 3.87. The molecule has 2 aromatic carbocycles. The Balaban J connectivity index is 2.10. The zero-order chi connectivity index (χ0) is 11.7. The second-order valence-electron chi connectivity index (χ2n) is 4.87. The lowest BCUT2D eigenvalue weighted by atomic mass is 9.92. The van der Waals surface area contributed by atoms with Gasteiger partial charge in [-0.25, -0.2) is 0 Å². The van der Waals surface area contributed by atoms with Gasteiger partial charge in [0.25, 0.3) is 0 Å². The van der Waals surface area contributed by atoms with Crippen LogP contribution in [0.3, 0.4) is 0 Å². The first kappa shape index (κ1) is 10.6. The molecule has 0 aromatic heterocycles. The standard InChI is InChI=1S/C17H18/c1-2-3-8-13-14-9-4-6-11-16(14)17-12-7-5-10-15(13)17/h4-7,9-13H,2-3,8H2,1H3. The van der Waals surface area contributed by atoms with E-state index in [0.29, 0.717) is 5.92 Å². The predicted molar refractivity (Wildman–Crippen MR) is 73.2 cm³/mol. The first-order valence-corrected chi connectivity index (χ1v) is 6.60. The molecule has 17 heavy (non-hydrogen) atoms. The average molecular weight is 222 g/mol. The Bertz CT molecular complexity index is 480. The smallest absolute Gasteiger partial charge is 0.0102 e.